The molecule has 2 aromatic carbocycles. The Labute approximate surface area is 192 Å². The van der Waals surface area contributed by atoms with Gasteiger partial charge in [-0.2, -0.15) is 0 Å². The molecular formula is C22H19Cl2FN4O3. The standard InChI is InChI=1S/C22H19Cl2FN4O3/c23-18-14(25)6-7-15(19(18)24)26-21(31)27-8-9-28-17(11-27)20(30)29(22(28)32)16-10-13(16)12-4-2-1-3-5-12/h1-7,13,16,30H,8-11H2,(H,26,31)/t13-,16+/m1/s1. The van der Waals surface area contributed by atoms with Crippen LogP contribution in [0, 0.1) is 5.82 Å². The first-order valence-corrected chi connectivity index (χ1v) is 10.9. The largest absolute Gasteiger partial charge is 0.493 e. The predicted octanol–water partition coefficient (Wildman–Crippen LogP) is 4.58. The van der Waals surface area contributed by atoms with E-state index in [1.54, 1.807) is 0 Å². The highest BCUT2D eigenvalue weighted by atomic mass is 35.5. The molecule has 10 heteroatoms. The van der Waals surface area contributed by atoms with Gasteiger partial charge in [-0.05, 0) is 24.1 Å². The molecule has 2 aliphatic rings. The summed E-state index contributed by atoms with van der Waals surface area (Å²) in [7, 11) is 0. The van der Waals surface area contributed by atoms with Crippen LogP contribution in [0.3, 0.4) is 0 Å². The summed E-state index contributed by atoms with van der Waals surface area (Å²) in [5.74, 6) is -0.621. The van der Waals surface area contributed by atoms with E-state index in [0.29, 0.717) is 5.69 Å². The van der Waals surface area contributed by atoms with Gasteiger partial charge in [-0.3, -0.25) is 9.13 Å². The van der Waals surface area contributed by atoms with Crippen molar-refractivity contribution in [2.24, 2.45) is 0 Å². The molecule has 1 aliphatic carbocycles. The fourth-order valence-electron chi connectivity index (χ4n) is 4.28. The van der Waals surface area contributed by atoms with E-state index >= 15 is 0 Å². The second-order valence-electron chi connectivity index (χ2n) is 7.97. The van der Waals surface area contributed by atoms with Crippen molar-refractivity contribution in [3.63, 3.8) is 0 Å². The zero-order valence-corrected chi connectivity index (χ0v) is 18.3. The number of anilines is 1. The average Bonchev–Trinajstić information content (AvgIpc) is 3.55. The SMILES string of the molecule is O=C(Nc1ccc(F)c(Cl)c1Cl)N1CCn2c(c(O)n([C@H]3C[C@@H]3c3ccccc3)c2=O)C1. The summed E-state index contributed by atoms with van der Waals surface area (Å²) >= 11 is 11.8. The van der Waals surface area contributed by atoms with Crippen LogP contribution in [0.1, 0.15) is 29.6 Å². The van der Waals surface area contributed by atoms with Crippen LogP contribution in [0.2, 0.25) is 10.0 Å². The number of carbonyl (C=O) groups excluding carboxylic acids is 1. The first-order chi connectivity index (χ1) is 15.4. The molecule has 7 nitrogen and oxygen atoms in total. The quantitative estimate of drug-likeness (QED) is 0.543. The van der Waals surface area contributed by atoms with Gasteiger partial charge < -0.3 is 15.3 Å². The number of fused-ring (bicyclic) bond motifs is 1. The molecule has 3 aromatic rings. The fourth-order valence-corrected chi connectivity index (χ4v) is 4.64. The average molecular weight is 477 g/mol. The van der Waals surface area contributed by atoms with E-state index in [0.717, 1.165) is 18.1 Å². The minimum absolute atomic E-state index is 0.0508. The van der Waals surface area contributed by atoms with Gasteiger partial charge in [0, 0.05) is 25.0 Å². The Kier molecular flexibility index (Phi) is 5.14. The Bertz CT molecular complexity index is 1270. The number of benzene rings is 2. The number of halogens is 3. The van der Waals surface area contributed by atoms with Crippen LogP contribution in [-0.4, -0.2) is 31.7 Å². The topological polar surface area (TPSA) is 79.5 Å². The maximum absolute atomic E-state index is 13.5. The van der Waals surface area contributed by atoms with Gasteiger partial charge in [-0.1, -0.05) is 53.5 Å². The molecule has 0 spiro atoms. The fraction of sp³-hybridized carbons (Fsp3) is 0.273. The molecule has 1 fully saturated rings. The van der Waals surface area contributed by atoms with Crippen molar-refractivity contribution in [2.75, 3.05) is 11.9 Å². The number of hydrogen-bond donors (Lipinski definition) is 2. The van der Waals surface area contributed by atoms with E-state index in [-0.39, 0.29) is 58.9 Å². The minimum atomic E-state index is -0.684. The third kappa shape index (κ3) is 3.43. The van der Waals surface area contributed by atoms with Crippen LogP contribution in [0.4, 0.5) is 14.9 Å². The molecule has 1 aliphatic heterocycles. The number of nitrogens with one attached hydrogen (secondary N) is 1. The van der Waals surface area contributed by atoms with Gasteiger partial charge in [0.25, 0.3) is 0 Å². The van der Waals surface area contributed by atoms with Crippen LogP contribution in [0.25, 0.3) is 0 Å². The summed E-state index contributed by atoms with van der Waals surface area (Å²) in [5, 5.41) is 13.1. The number of carbonyl (C=O) groups is 1. The Hall–Kier alpha value is -2.97. The van der Waals surface area contributed by atoms with E-state index in [4.69, 9.17) is 23.2 Å². The van der Waals surface area contributed by atoms with Gasteiger partial charge in [0.15, 0.2) is 0 Å². The highest BCUT2D eigenvalue weighted by Crippen LogP contribution is 2.52. The first kappa shape index (κ1) is 20.9. The number of hydrogen-bond acceptors (Lipinski definition) is 3. The van der Waals surface area contributed by atoms with E-state index < -0.39 is 11.8 Å². The molecule has 0 radical (unpaired) electrons. The molecule has 1 aromatic heterocycles. The lowest BCUT2D eigenvalue weighted by Crippen LogP contribution is -2.42. The van der Waals surface area contributed by atoms with E-state index in [2.05, 4.69) is 5.32 Å². The van der Waals surface area contributed by atoms with Crippen LogP contribution >= 0.6 is 23.2 Å². The molecule has 166 valence electrons. The molecule has 2 amide bonds. The monoisotopic (exact) mass is 476 g/mol. The molecule has 1 saturated carbocycles. The number of amides is 2. The van der Waals surface area contributed by atoms with Crippen LogP contribution in [0.15, 0.2) is 47.3 Å². The van der Waals surface area contributed by atoms with Crippen molar-refractivity contribution in [3.05, 3.63) is 80.1 Å². The highest BCUT2D eigenvalue weighted by Gasteiger charge is 2.44. The van der Waals surface area contributed by atoms with E-state index in [9.17, 15) is 19.1 Å². The summed E-state index contributed by atoms with van der Waals surface area (Å²) in [6.07, 6.45) is 0.773. The predicted molar refractivity (Wildman–Crippen MR) is 119 cm³/mol. The van der Waals surface area contributed by atoms with Crippen LogP contribution < -0.4 is 11.0 Å². The van der Waals surface area contributed by atoms with Crippen molar-refractivity contribution in [1.82, 2.24) is 14.0 Å². The van der Waals surface area contributed by atoms with Gasteiger partial charge in [0.2, 0.25) is 5.88 Å². The van der Waals surface area contributed by atoms with E-state index in [1.807, 2.05) is 30.3 Å². The zero-order valence-electron chi connectivity index (χ0n) is 16.8. The zero-order chi connectivity index (χ0) is 22.6. The summed E-state index contributed by atoms with van der Waals surface area (Å²) in [6.45, 7) is 0.569. The maximum Gasteiger partial charge on any atom is 0.331 e. The van der Waals surface area contributed by atoms with Crippen molar-refractivity contribution in [2.45, 2.75) is 31.5 Å². The van der Waals surface area contributed by atoms with Gasteiger partial charge in [-0.15, -0.1) is 0 Å². The summed E-state index contributed by atoms with van der Waals surface area (Å²) in [5.41, 5.74) is 1.42. The molecule has 0 saturated heterocycles. The lowest BCUT2D eigenvalue weighted by atomic mass is 10.1. The number of imidazole rings is 1. The third-order valence-electron chi connectivity index (χ3n) is 6.06. The summed E-state index contributed by atoms with van der Waals surface area (Å²) < 4.78 is 16.5. The van der Waals surface area contributed by atoms with Gasteiger partial charge >= 0.3 is 11.7 Å². The molecule has 32 heavy (non-hydrogen) atoms. The number of rotatable bonds is 3. The normalized spacial score (nSPS) is 19.5. The maximum atomic E-state index is 13.5. The smallest absolute Gasteiger partial charge is 0.331 e. The van der Waals surface area contributed by atoms with Crippen molar-refractivity contribution in [1.29, 1.82) is 0 Å². The number of aromatic hydroxyl groups is 1. The Balaban J connectivity index is 1.36. The molecule has 2 N–H and O–H groups in total. The van der Waals surface area contributed by atoms with E-state index in [1.165, 1.54) is 20.1 Å². The van der Waals surface area contributed by atoms with Crippen molar-refractivity contribution >= 4 is 34.9 Å². The van der Waals surface area contributed by atoms with Crippen molar-refractivity contribution < 1.29 is 14.3 Å². The summed E-state index contributed by atoms with van der Waals surface area (Å²) in [6, 6.07) is 11.7. The van der Waals surface area contributed by atoms with Crippen LogP contribution in [0.5, 0.6) is 5.88 Å². The number of aromatic nitrogens is 2. The van der Waals surface area contributed by atoms with Gasteiger partial charge in [0.05, 0.1) is 22.3 Å². The number of nitrogens with zero attached hydrogens (tertiary/aromatic N) is 3. The molecule has 0 unspecified atom stereocenters. The summed E-state index contributed by atoms with van der Waals surface area (Å²) in [4.78, 5) is 27.2. The Morgan fingerprint density at radius 3 is 2.59 bits per heavy atom. The molecule has 5 rings (SSSR count). The van der Waals surface area contributed by atoms with Crippen molar-refractivity contribution in [3.8, 4) is 5.88 Å². The van der Waals surface area contributed by atoms with Crippen LogP contribution in [-0.2, 0) is 13.1 Å². The molecule has 2 heterocycles. The Morgan fingerprint density at radius 1 is 1.09 bits per heavy atom. The number of urea groups is 1. The second kappa shape index (κ2) is 7.86. The lowest BCUT2D eigenvalue weighted by Gasteiger charge is -2.28. The molecule has 0 bridgehead atoms. The third-order valence-corrected chi connectivity index (χ3v) is 6.92. The molecular weight excluding hydrogens is 458 g/mol. The second-order valence-corrected chi connectivity index (χ2v) is 8.73. The lowest BCUT2D eigenvalue weighted by molar-refractivity contribution is 0.195. The highest BCUT2D eigenvalue weighted by molar-refractivity contribution is 6.44. The van der Waals surface area contributed by atoms with Gasteiger partial charge in [-0.25, -0.2) is 14.0 Å². The molecule has 2 atom stereocenters. The first-order valence-electron chi connectivity index (χ1n) is 10.1. The minimum Gasteiger partial charge on any atom is -0.493 e. The van der Waals surface area contributed by atoms with Gasteiger partial charge in [0.1, 0.15) is 11.5 Å². The Morgan fingerprint density at radius 2 is 1.84 bits per heavy atom.